The number of halogens is 3. The number of benzene rings is 2. The second-order valence-corrected chi connectivity index (χ2v) is 13.3. The number of aliphatic hydroxyl groups is 1. The molecule has 0 aliphatic carbocycles. The maximum absolute atomic E-state index is 16.4. The van der Waals surface area contributed by atoms with Gasteiger partial charge in [0.1, 0.15) is 23.7 Å². The van der Waals surface area contributed by atoms with Crippen LogP contribution in [-0.4, -0.2) is 81.9 Å². The standard InChI is InChI=1S/C37H38F3N11O3/c1-4-31(24(2)52)50-35(54)49(23-43-50)33-16-14-28(22-42-33)48-19-17-47(18-20-48)27-12-9-25(10-13-27)26-11-15-32(41-21-26)37(39,40)36(3,51-34(53)44-45-46-51)29-7-5-6-8-30(29)38/h5-16,21-24,31,52H,4,17-20H2,1-3H3,(H,44,46,53)/t24-,31-,36+/m0/s1. The Labute approximate surface area is 307 Å². The first-order chi connectivity index (χ1) is 25.9. The smallest absolute Gasteiger partial charge is 0.362 e. The van der Waals surface area contributed by atoms with Crippen molar-refractivity contribution in [2.45, 2.75) is 50.8 Å². The highest BCUT2D eigenvalue weighted by atomic mass is 19.3. The molecule has 3 atom stereocenters. The minimum Gasteiger partial charge on any atom is -0.391 e. The van der Waals surface area contributed by atoms with Crippen LogP contribution in [0.1, 0.15) is 44.5 Å². The Morgan fingerprint density at radius 3 is 2.11 bits per heavy atom. The topological polar surface area (TPSA) is 156 Å². The molecule has 1 aliphatic heterocycles. The molecule has 54 heavy (non-hydrogen) atoms. The Hall–Kier alpha value is -6.10. The predicted octanol–water partition coefficient (Wildman–Crippen LogP) is 4.12. The summed E-state index contributed by atoms with van der Waals surface area (Å²) in [7, 11) is 0. The highest BCUT2D eigenvalue weighted by Crippen LogP contribution is 2.47. The average Bonchev–Trinajstić information content (AvgIpc) is 3.80. The summed E-state index contributed by atoms with van der Waals surface area (Å²) in [6.45, 7) is 7.51. The van der Waals surface area contributed by atoms with Crippen molar-refractivity contribution in [1.82, 2.24) is 44.5 Å². The van der Waals surface area contributed by atoms with Crippen LogP contribution in [0.15, 0.2) is 101 Å². The van der Waals surface area contributed by atoms with Crippen LogP contribution in [0.5, 0.6) is 0 Å². The second-order valence-electron chi connectivity index (χ2n) is 13.3. The number of pyridine rings is 2. The average molecular weight is 742 g/mol. The molecule has 0 unspecified atom stereocenters. The van der Waals surface area contributed by atoms with Crippen molar-refractivity contribution >= 4 is 11.4 Å². The maximum Gasteiger partial charge on any atom is 0.362 e. The van der Waals surface area contributed by atoms with E-state index in [-0.39, 0.29) is 5.69 Å². The van der Waals surface area contributed by atoms with Gasteiger partial charge < -0.3 is 14.9 Å². The van der Waals surface area contributed by atoms with E-state index < -0.39 is 46.4 Å². The first-order valence-electron chi connectivity index (χ1n) is 17.4. The quantitative estimate of drug-likeness (QED) is 0.198. The van der Waals surface area contributed by atoms with Gasteiger partial charge in [0.15, 0.2) is 5.54 Å². The van der Waals surface area contributed by atoms with Gasteiger partial charge in [-0.3, -0.25) is 4.98 Å². The molecule has 2 N–H and O–H groups in total. The van der Waals surface area contributed by atoms with Crippen LogP contribution in [0.25, 0.3) is 16.9 Å². The van der Waals surface area contributed by atoms with Gasteiger partial charge in [-0.25, -0.2) is 33.3 Å². The Morgan fingerprint density at radius 2 is 1.54 bits per heavy atom. The molecule has 7 rings (SSSR count). The van der Waals surface area contributed by atoms with E-state index in [1.807, 2.05) is 42.4 Å². The third kappa shape index (κ3) is 6.33. The molecule has 1 saturated heterocycles. The van der Waals surface area contributed by atoms with E-state index in [9.17, 15) is 19.1 Å². The van der Waals surface area contributed by atoms with Crippen LogP contribution in [0.3, 0.4) is 0 Å². The molecule has 280 valence electrons. The number of aliphatic hydroxyl groups excluding tert-OH is 1. The summed E-state index contributed by atoms with van der Waals surface area (Å²) in [5.74, 6) is -4.38. The lowest BCUT2D eigenvalue weighted by atomic mass is 9.83. The zero-order chi connectivity index (χ0) is 38.2. The van der Waals surface area contributed by atoms with E-state index in [4.69, 9.17) is 0 Å². The molecule has 0 amide bonds. The number of rotatable bonds is 11. The Morgan fingerprint density at radius 1 is 0.870 bits per heavy atom. The van der Waals surface area contributed by atoms with E-state index in [1.165, 1.54) is 52.1 Å². The second kappa shape index (κ2) is 14.4. The highest BCUT2D eigenvalue weighted by molar-refractivity contribution is 5.66. The van der Waals surface area contributed by atoms with Gasteiger partial charge in [0.25, 0.3) is 0 Å². The first-order valence-corrected chi connectivity index (χ1v) is 17.4. The van der Waals surface area contributed by atoms with Crippen LogP contribution in [0.2, 0.25) is 0 Å². The van der Waals surface area contributed by atoms with E-state index in [0.29, 0.717) is 22.5 Å². The maximum atomic E-state index is 16.4. The van der Waals surface area contributed by atoms with Crippen molar-refractivity contribution in [3.63, 3.8) is 0 Å². The highest BCUT2D eigenvalue weighted by Gasteiger charge is 2.58. The third-order valence-corrected chi connectivity index (χ3v) is 10.2. The van der Waals surface area contributed by atoms with Crippen molar-refractivity contribution in [3.8, 4) is 16.9 Å². The lowest BCUT2D eigenvalue weighted by Crippen LogP contribution is -2.52. The number of alkyl halides is 2. The molecule has 17 heteroatoms. The molecular weight excluding hydrogens is 703 g/mol. The molecule has 0 bridgehead atoms. The Balaban J connectivity index is 1.01. The number of nitrogens with zero attached hydrogens (tertiary/aromatic N) is 10. The van der Waals surface area contributed by atoms with Crippen LogP contribution in [0.4, 0.5) is 24.5 Å². The summed E-state index contributed by atoms with van der Waals surface area (Å²) in [6, 6.07) is 18.7. The van der Waals surface area contributed by atoms with E-state index in [2.05, 4.69) is 35.3 Å². The summed E-state index contributed by atoms with van der Waals surface area (Å²) in [5, 5.41) is 23.2. The van der Waals surface area contributed by atoms with Crippen molar-refractivity contribution < 1.29 is 18.3 Å². The number of hydrogen-bond donors (Lipinski definition) is 2. The van der Waals surface area contributed by atoms with Gasteiger partial charge in [0, 0.05) is 49.2 Å². The SMILES string of the molecule is CC[C@@H]([C@H](C)O)n1ncn(-c2ccc(N3CCN(c4ccc(-c5ccc(C(F)(F)[C@@](C)(c6ccccc6F)n6nn[nH]c6=O)nc5)cc4)CC3)cn2)c1=O. The van der Waals surface area contributed by atoms with Gasteiger partial charge in [-0.15, -0.1) is 0 Å². The van der Waals surface area contributed by atoms with Crippen molar-refractivity contribution in [2.75, 3.05) is 36.0 Å². The van der Waals surface area contributed by atoms with Gasteiger partial charge in [0.05, 0.1) is 24.0 Å². The molecule has 0 spiro atoms. The lowest BCUT2D eigenvalue weighted by Gasteiger charge is -2.37. The summed E-state index contributed by atoms with van der Waals surface area (Å²) in [5.41, 5.74) is -1.81. The fraction of sp³-hybridized carbons (Fsp3) is 0.324. The van der Waals surface area contributed by atoms with E-state index in [1.54, 1.807) is 19.2 Å². The number of aromatic nitrogens is 9. The number of tetrazole rings is 1. The van der Waals surface area contributed by atoms with Crippen molar-refractivity contribution in [1.29, 1.82) is 0 Å². The molecule has 0 radical (unpaired) electrons. The fourth-order valence-electron chi connectivity index (χ4n) is 6.98. The molecule has 0 saturated carbocycles. The number of hydrogen-bond acceptors (Lipinski definition) is 10. The molecule has 1 fully saturated rings. The van der Waals surface area contributed by atoms with E-state index >= 15 is 8.78 Å². The van der Waals surface area contributed by atoms with Crippen LogP contribution in [-0.2, 0) is 11.5 Å². The number of anilines is 2. The van der Waals surface area contributed by atoms with E-state index in [0.717, 1.165) is 56.1 Å². The minimum absolute atomic E-state index is 0.361. The number of H-pyrrole nitrogens is 1. The molecule has 5 heterocycles. The number of nitrogens with one attached hydrogen (secondary N) is 1. The Kier molecular flexibility index (Phi) is 9.66. The van der Waals surface area contributed by atoms with Crippen LogP contribution in [0, 0.1) is 5.82 Å². The first kappa shape index (κ1) is 36.3. The third-order valence-electron chi connectivity index (χ3n) is 10.2. The molecule has 4 aromatic heterocycles. The number of piperazine rings is 1. The van der Waals surface area contributed by atoms with Crippen LogP contribution >= 0.6 is 0 Å². The normalized spacial score (nSPS) is 15.9. The molecule has 6 aromatic rings. The van der Waals surface area contributed by atoms with Gasteiger partial charge in [-0.1, -0.05) is 43.3 Å². The van der Waals surface area contributed by atoms with Crippen LogP contribution < -0.4 is 21.2 Å². The minimum atomic E-state index is -3.89. The van der Waals surface area contributed by atoms with Crippen molar-refractivity contribution in [3.05, 3.63) is 130 Å². The van der Waals surface area contributed by atoms with Gasteiger partial charge >= 0.3 is 17.3 Å². The molecule has 14 nitrogen and oxygen atoms in total. The summed E-state index contributed by atoms with van der Waals surface area (Å²) >= 11 is 0. The largest absolute Gasteiger partial charge is 0.391 e. The molecule has 1 aliphatic rings. The lowest BCUT2D eigenvalue weighted by molar-refractivity contribution is -0.104. The molecule has 2 aromatic carbocycles. The molecular formula is C37H38F3N11O3. The monoisotopic (exact) mass is 741 g/mol. The van der Waals surface area contributed by atoms with Gasteiger partial charge in [0.2, 0.25) is 0 Å². The summed E-state index contributed by atoms with van der Waals surface area (Å²) in [4.78, 5) is 38.5. The number of aromatic amines is 1. The summed E-state index contributed by atoms with van der Waals surface area (Å²) < 4.78 is 50.9. The summed E-state index contributed by atoms with van der Waals surface area (Å²) in [6.07, 6.45) is 4.32. The van der Waals surface area contributed by atoms with Gasteiger partial charge in [-0.05, 0) is 72.7 Å². The fourth-order valence-corrected chi connectivity index (χ4v) is 6.98. The zero-order valence-corrected chi connectivity index (χ0v) is 29.7. The van der Waals surface area contributed by atoms with Crippen molar-refractivity contribution in [2.24, 2.45) is 0 Å². The predicted molar refractivity (Wildman–Crippen MR) is 194 cm³/mol. The zero-order valence-electron chi connectivity index (χ0n) is 29.7. The Bertz CT molecular complexity index is 2330. The van der Waals surface area contributed by atoms with Gasteiger partial charge in [-0.2, -0.15) is 18.6 Å².